The number of esters is 2. The normalized spacial score (nSPS) is 11.5. The second kappa shape index (κ2) is 9.42. The standard InChI is InChI=1S/C19H17F3N4O5S/c1-3-29-18(28)12-9(2)31-15-13(12)14(23)25-11(26-15)7-30-17(27)10-5-4-6-24-16(10)32-8-19(20,21)22/h4-6H,3,7-8H2,1-2H3,(H2,23,25,26). The number of halogens is 3. The van der Waals surface area contributed by atoms with Crippen LogP contribution in [0.25, 0.3) is 11.1 Å². The Balaban J connectivity index is 1.79. The van der Waals surface area contributed by atoms with E-state index in [2.05, 4.69) is 15.0 Å². The number of aryl methyl sites for hydroxylation is 1. The van der Waals surface area contributed by atoms with E-state index in [4.69, 9.17) is 19.6 Å². The Bertz CT molecular complexity index is 1170. The van der Waals surface area contributed by atoms with Crippen molar-refractivity contribution in [3.63, 3.8) is 0 Å². The summed E-state index contributed by atoms with van der Waals surface area (Å²) in [5, 5.41) is 0.0561. The third kappa shape index (κ3) is 5.28. The van der Waals surface area contributed by atoms with Crippen molar-refractivity contribution in [2.45, 2.75) is 31.7 Å². The Morgan fingerprint density at radius 2 is 1.97 bits per heavy atom. The number of fused-ring (bicyclic) bond motifs is 1. The van der Waals surface area contributed by atoms with E-state index in [0.717, 1.165) is 0 Å². The van der Waals surface area contributed by atoms with Crippen molar-refractivity contribution in [2.24, 2.45) is 0 Å². The summed E-state index contributed by atoms with van der Waals surface area (Å²) in [6, 6.07) is 2.70. The Morgan fingerprint density at radius 1 is 1.22 bits per heavy atom. The molecule has 0 aromatic carbocycles. The second-order valence-corrected chi connectivity index (χ2v) is 7.26. The molecule has 9 nitrogen and oxygen atoms in total. The molecule has 13 heteroatoms. The van der Waals surface area contributed by atoms with Crippen LogP contribution in [0.2, 0.25) is 0 Å². The van der Waals surface area contributed by atoms with Crippen molar-refractivity contribution in [1.29, 1.82) is 0 Å². The van der Waals surface area contributed by atoms with Gasteiger partial charge in [-0.15, -0.1) is 0 Å². The molecule has 0 radical (unpaired) electrons. The lowest BCUT2D eigenvalue weighted by atomic mass is 10.2. The maximum atomic E-state index is 12.5. The van der Waals surface area contributed by atoms with E-state index in [1.54, 1.807) is 6.92 Å². The van der Waals surface area contributed by atoms with Gasteiger partial charge in [0.05, 0.1) is 23.3 Å². The number of ether oxygens (including phenoxy) is 2. The molecule has 3 heterocycles. The van der Waals surface area contributed by atoms with Crippen LogP contribution < -0.4 is 5.73 Å². The van der Waals surface area contributed by atoms with Crippen LogP contribution in [0.4, 0.5) is 19.0 Å². The topological polar surface area (TPSA) is 130 Å². The number of anilines is 1. The highest BCUT2D eigenvalue weighted by Gasteiger charge is 2.29. The SMILES string of the molecule is CCOC(=O)c1c(C)oc2nc(COC(=O)c3cccnc3SCC(F)(F)F)nc(N)c12. The lowest BCUT2D eigenvalue weighted by Crippen LogP contribution is -2.13. The van der Waals surface area contributed by atoms with E-state index in [9.17, 15) is 22.8 Å². The zero-order valence-electron chi connectivity index (χ0n) is 16.9. The molecule has 2 N–H and O–H groups in total. The minimum atomic E-state index is -4.42. The Labute approximate surface area is 183 Å². The molecular weight excluding hydrogens is 453 g/mol. The molecule has 0 aliphatic carbocycles. The van der Waals surface area contributed by atoms with E-state index in [1.807, 2.05) is 0 Å². The van der Waals surface area contributed by atoms with Crippen molar-refractivity contribution in [3.8, 4) is 0 Å². The monoisotopic (exact) mass is 470 g/mol. The van der Waals surface area contributed by atoms with Gasteiger partial charge >= 0.3 is 18.1 Å². The van der Waals surface area contributed by atoms with Crippen LogP contribution in [-0.4, -0.2) is 45.4 Å². The summed E-state index contributed by atoms with van der Waals surface area (Å²) in [5.41, 5.74) is 5.93. The number of nitrogen functional groups attached to an aromatic ring is 1. The number of aromatic nitrogens is 3. The molecule has 0 unspecified atom stereocenters. The number of thioether (sulfide) groups is 1. The maximum absolute atomic E-state index is 12.5. The van der Waals surface area contributed by atoms with Gasteiger partial charge in [-0.05, 0) is 26.0 Å². The van der Waals surface area contributed by atoms with Gasteiger partial charge in [0.25, 0.3) is 0 Å². The molecule has 0 atom stereocenters. The van der Waals surface area contributed by atoms with Crippen LogP contribution in [-0.2, 0) is 16.1 Å². The number of rotatable bonds is 7. The van der Waals surface area contributed by atoms with Crippen LogP contribution >= 0.6 is 11.8 Å². The predicted octanol–water partition coefficient (Wildman–Crippen LogP) is 3.70. The van der Waals surface area contributed by atoms with Gasteiger partial charge in [-0.1, -0.05) is 11.8 Å². The lowest BCUT2D eigenvalue weighted by molar-refractivity contribution is -0.105. The highest BCUT2D eigenvalue weighted by atomic mass is 32.2. The molecule has 3 aromatic rings. The van der Waals surface area contributed by atoms with Gasteiger partial charge in [-0.3, -0.25) is 0 Å². The summed E-state index contributed by atoms with van der Waals surface area (Å²) in [6.45, 7) is 2.90. The molecule has 0 spiro atoms. The number of hydrogen-bond acceptors (Lipinski definition) is 10. The number of carbonyl (C=O) groups is 2. The molecule has 0 fully saturated rings. The minimum absolute atomic E-state index is 0.00639. The van der Waals surface area contributed by atoms with Gasteiger partial charge in [0.1, 0.15) is 22.2 Å². The fourth-order valence-corrected chi connectivity index (χ4v) is 3.46. The molecule has 0 aliphatic heterocycles. The molecule has 0 aliphatic rings. The zero-order chi connectivity index (χ0) is 23.5. The lowest BCUT2D eigenvalue weighted by Gasteiger charge is -2.09. The largest absolute Gasteiger partial charge is 0.462 e. The summed E-state index contributed by atoms with van der Waals surface area (Å²) in [6.07, 6.45) is -3.15. The second-order valence-electron chi connectivity index (χ2n) is 6.30. The van der Waals surface area contributed by atoms with Crippen LogP contribution in [0.5, 0.6) is 0 Å². The number of nitrogens with two attached hydrogens (primary N) is 1. The van der Waals surface area contributed by atoms with Crippen LogP contribution in [0.1, 0.15) is 39.2 Å². The Hall–Kier alpha value is -3.35. The number of furan rings is 1. The third-order valence-electron chi connectivity index (χ3n) is 3.98. The van der Waals surface area contributed by atoms with E-state index < -0.39 is 30.5 Å². The Kier molecular flexibility index (Phi) is 6.87. The first-order valence-corrected chi connectivity index (χ1v) is 10.1. The molecular formula is C19H17F3N4O5S. The summed E-state index contributed by atoms with van der Waals surface area (Å²) >= 11 is 0.372. The third-order valence-corrected chi connectivity index (χ3v) is 5.05. The van der Waals surface area contributed by atoms with E-state index in [1.165, 1.54) is 25.3 Å². The van der Waals surface area contributed by atoms with Gasteiger partial charge in [-0.2, -0.15) is 18.2 Å². The molecule has 0 bridgehead atoms. The molecule has 3 rings (SSSR count). The van der Waals surface area contributed by atoms with Crippen molar-refractivity contribution in [3.05, 3.63) is 41.0 Å². The van der Waals surface area contributed by atoms with Gasteiger partial charge in [0, 0.05) is 6.20 Å². The summed E-state index contributed by atoms with van der Waals surface area (Å²) in [7, 11) is 0. The number of pyridine rings is 1. The average Bonchev–Trinajstić information content (AvgIpc) is 3.06. The van der Waals surface area contributed by atoms with Crippen molar-refractivity contribution < 1.29 is 36.7 Å². The van der Waals surface area contributed by atoms with Gasteiger partial charge in [0.15, 0.2) is 12.4 Å². The van der Waals surface area contributed by atoms with Crippen LogP contribution in [0.3, 0.4) is 0 Å². The molecule has 3 aromatic heterocycles. The van der Waals surface area contributed by atoms with Crippen LogP contribution in [0.15, 0.2) is 27.8 Å². The minimum Gasteiger partial charge on any atom is -0.462 e. The molecule has 0 amide bonds. The van der Waals surface area contributed by atoms with Gasteiger partial charge in [0.2, 0.25) is 5.71 Å². The van der Waals surface area contributed by atoms with Crippen molar-refractivity contribution >= 4 is 40.6 Å². The summed E-state index contributed by atoms with van der Waals surface area (Å²) < 4.78 is 53.1. The number of alkyl halides is 3. The Morgan fingerprint density at radius 3 is 2.66 bits per heavy atom. The van der Waals surface area contributed by atoms with E-state index in [-0.39, 0.29) is 51.3 Å². The van der Waals surface area contributed by atoms with Crippen molar-refractivity contribution in [1.82, 2.24) is 15.0 Å². The van der Waals surface area contributed by atoms with Crippen molar-refractivity contribution in [2.75, 3.05) is 18.1 Å². The van der Waals surface area contributed by atoms with E-state index in [0.29, 0.717) is 11.8 Å². The average molecular weight is 470 g/mol. The first-order chi connectivity index (χ1) is 15.1. The number of carbonyl (C=O) groups excluding carboxylic acids is 2. The number of hydrogen-bond donors (Lipinski definition) is 1. The highest BCUT2D eigenvalue weighted by molar-refractivity contribution is 7.99. The number of nitrogens with zero attached hydrogens (tertiary/aromatic N) is 3. The molecule has 0 saturated heterocycles. The summed E-state index contributed by atoms with van der Waals surface area (Å²) in [4.78, 5) is 36.5. The fraction of sp³-hybridized carbons (Fsp3) is 0.316. The predicted molar refractivity (Wildman–Crippen MR) is 107 cm³/mol. The molecule has 0 saturated carbocycles. The van der Waals surface area contributed by atoms with Crippen LogP contribution in [0, 0.1) is 6.92 Å². The van der Waals surface area contributed by atoms with Gasteiger partial charge < -0.3 is 19.6 Å². The maximum Gasteiger partial charge on any atom is 0.398 e. The first kappa shape index (κ1) is 23.3. The summed E-state index contributed by atoms with van der Waals surface area (Å²) in [5.74, 6) is -2.63. The van der Waals surface area contributed by atoms with E-state index >= 15 is 0 Å². The quantitative estimate of drug-likeness (QED) is 0.403. The fourth-order valence-electron chi connectivity index (χ4n) is 2.72. The zero-order valence-corrected chi connectivity index (χ0v) is 17.7. The first-order valence-electron chi connectivity index (χ1n) is 9.15. The smallest absolute Gasteiger partial charge is 0.398 e. The highest BCUT2D eigenvalue weighted by Crippen LogP contribution is 2.30. The molecule has 32 heavy (non-hydrogen) atoms. The van der Waals surface area contributed by atoms with Gasteiger partial charge in [-0.25, -0.2) is 19.6 Å². The molecule has 170 valence electrons.